The summed E-state index contributed by atoms with van der Waals surface area (Å²) in [5, 5.41) is 2.60. The fourth-order valence-corrected chi connectivity index (χ4v) is 4.05. The van der Waals surface area contributed by atoms with Gasteiger partial charge >= 0.3 is 5.97 Å². The van der Waals surface area contributed by atoms with E-state index in [4.69, 9.17) is 14.2 Å². The number of para-hydroxylation sites is 2. The van der Waals surface area contributed by atoms with Gasteiger partial charge in [-0.3, -0.25) is 9.52 Å². The number of esters is 1. The molecule has 34 heavy (non-hydrogen) atoms. The molecule has 0 bridgehead atoms. The highest BCUT2D eigenvalue weighted by Crippen LogP contribution is 2.26. The van der Waals surface area contributed by atoms with Crippen LogP contribution in [0.2, 0.25) is 0 Å². The zero-order valence-corrected chi connectivity index (χ0v) is 19.4. The van der Waals surface area contributed by atoms with Crippen LogP contribution in [-0.2, 0) is 19.6 Å². The minimum atomic E-state index is -4.01. The number of rotatable bonds is 10. The van der Waals surface area contributed by atoms with Crippen LogP contribution in [0.15, 0.2) is 77.7 Å². The summed E-state index contributed by atoms with van der Waals surface area (Å²) in [7, 11) is -2.58. The normalized spacial score (nSPS) is 10.8. The number of carbonyl (C=O) groups is 2. The molecule has 0 fully saturated rings. The van der Waals surface area contributed by atoms with Gasteiger partial charge in [0.2, 0.25) is 0 Å². The molecule has 0 aliphatic rings. The molecule has 1 amide bonds. The van der Waals surface area contributed by atoms with Gasteiger partial charge in [0.1, 0.15) is 11.5 Å². The number of ether oxygens (including phenoxy) is 3. The monoisotopic (exact) mass is 484 g/mol. The molecular weight excluding hydrogens is 460 g/mol. The lowest BCUT2D eigenvalue weighted by Gasteiger charge is -2.12. The Morgan fingerprint density at radius 1 is 0.941 bits per heavy atom. The molecular formula is C24H24N2O7S. The zero-order chi connectivity index (χ0) is 24.6. The summed E-state index contributed by atoms with van der Waals surface area (Å²) in [5.41, 5.74) is 0.751. The van der Waals surface area contributed by atoms with Gasteiger partial charge in [-0.15, -0.1) is 0 Å². The third kappa shape index (κ3) is 6.48. The maximum absolute atomic E-state index is 12.8. The van der Waals surface area contributed by atoms with Crippen LogP contribution in [0, 0.1) is 0 Å². The van der Waals surface area contributed by atoms with Crippen molar-refractivity contribution in [2.75, 3.05) is 30.4 Å². The highest BCUT2D eigenvalue weighted by atomic mass is 32.2. The summed E-state index contributed by atoms with van der Waals surface area (Å²) in [6.07, 6.45) is 0. The second kappa shape index (κ2) is 11.2. The molecule has 3 rings (SSSR count). The summed E-state index contributed by atoms with van der Waals surface area (Å²) in [4.78, 5) is 24.4. The first-order valence-corrected chi connectivity index (χ1v) is 11.8. The Kier molecular flexibility index (Phi) is 8.10. The number of nitrogens with one attached hydrogen (secondary N) is 2. The van der Waals surface area contributed by atoms with Crippen molar-refractivity contribution in [2.24, 2.45) is 0 Å². The first-order valence-electron chi connectivity index (χ1n) is 10.3. The van der Waals surface area contributed by atoms with E-state index in [0.717, 1.165) is 0 Å². The highest BCUT2D eigenvalue weighted by molar-refractivity contribution is 7.92. The van der Waals surface area contributed by atoms with Crippen molar-refractivity contribution in [3.63, 3.8) is 0 Å². The van der Waals surface area contributed by atoms with Crippen molar-refractivity contribution in [1.29, 1.82) is 0 Å². The minimum absolute atomic E-state index is 0.0169. The quantitative estimate of drug-likeness (QED) is 0.421. The van der Waals surface area contributed by atoms with Gasteiger partial charge in [-0.05, 0) is 61.5 Å². The first kappa shape index (κ1) is 24.6. The van der Waals surface area contributed by atoms with Crippen LogP contribution < -0.4 is 19.5 Å². The molecule has 0 atom stereocenters. The standard InChI is InChI=1S/C24H24N2O7S/c1-3-32-19-13-11-18(12-14-19)25-23(27)16-33-24(28)17-7-6-8-20(15-17)34(29,30)26-21-9-4-5-10-22(21)31-2/h4-15,26H,3,16H2,1-2H3,(H,25,27). The Bertz CT molecular complexity index is 1260. The molecule has 178 valence electrons. The average molecular weight is 485 g/mol. The smallest absolute Gasteiger partial charge is 0.338 e. The number of amides is 1. The van der Waals surface area contributed by atoms with Crippen molar-refractivity contribution in [2.45, 2.75) is 11.8 Å². The Hall–Kier alpha value is -4.05. The van der Waals surface area contributed by atoms with Crippen LogP contribution in [-0.4, -0.2) is 40.6 Å². The van der Waals surface area contributed by atoms with E-state index in [1.807, 2.05) is 6.92 Å². The third-order valence-electron chi connectivity index (χ3n) is 4.51. The van der Waals surface area contributed by atoms with Crippen LogP contribution in [0.25, 0.3) is 0 Å². The summed E-state index contributed by atoms with van der Waals surface area (Å²) in [6.45, 7) is 1.86. The SMILES string of the molecule is CCOc1ccc(NC(=O)COC(=O)c2cccc(S(=O)(=O)Nc3ccccc3OC)c2)cc1. The van der Waals surface area contributed by atoms with E-state index in [1.54, 1.807) is 48.5 Å². The lowest BCUT2D eigenvalue weighted by Crippen LogP contribution is -2.21. The predicted octanol–water partition coefficient (Wildman–Crippen LogP) is 3.69. The van der Waals surface area contributed by atoms with E-state index in [2.05, 4.69) is 10.0 Å². The summed E-state index contributed by atoms with van der Waals surface area (Å²) >= 11 is 0. The van der Waals surface area contributed by atoms with Crippen LogP contribution >= 0.6 is 0 Å². The molecule has 0 radical (unpaired) electrons. The number of sulfonamides is 1. The van der Waals surface area contributed by atoms with E-state index in [9.17, 15) is 18.0 Å². The lowest BCUT2D eigenvalue weighted by atomic mass is 10.2. The minimum Gasteiger partial charge on any atom is -0.495 e. The molecule has 3 aromatic rings. The largest absolute Gasteiger partial charge is 0.495 e. The van der Waals surface area contributed by atoms with Crippen LogP contribution in [0.3, 0.4) is 0 Å². The van der Waals surface area contributed by atoms with Gasteiger partial charge in [0.15, 0.2) is 6.61 Å². The van der Waals surface area contributed by atoms with E-state index in [1.165, 1.54) is 31.4 Å². The molecule has 0 spiro atoms. The number of anilines is 2. The second-order valence-corrected chi connectivity index (χ2v) is 8.60. The van der Waals surface area contributed by atoms with Crippen molar-refractivity contribution < 1.29 is 32.2 Å². The number of hydrogen-bond donors (Lipinski definition) is 2. The van der Waals surface area contributed by atoms with Crippen molar-refractivity contribution in [3.05, 3.63) is 78.4 Å². The lowest BCUT2D eigenvalue weighted by molar-refractivity contribution is -0.119. The summed E-state index contributed by atoms with van der Waals surface area (Å²) in [6, 6.07) is 18.6. The Labute approximate surface area is 197 Å². The summed E-state index contributed by atoms with van der Waals surface area (Å²) < 4.78 is 43.5. The van der Waals surface area contributed by atoms with Crippen molar-refractivity contribution in [3.8, 4) is 11.5 Å². The number of hydrogen-bond acceptors (Lipinski definition) is 7. The fraction of sp³-hybridized carbons (Fsp3) is 0.167. The first-order chi connectivity index (χ1) is 16.3. The Balaban J connectivity index is 1.62. The molecule has 0 aliphatic carbocycles. The number of methoxy groups -OCH3 is 1. The van der Waals surface area contributed by atoms with Gasteiger partial charge in [-0.1, -0.05) is 18.2 Å². The van der Waals surface area contributed by atoms with Gasteiger partial charge < -0.3 is 19.5 Å². The molecule has 0 saturated carbocycles. The molecule has 0 unspecified atom stereocenters. The Morgan fingerprint density at radius 3 is 2.38 bits per heavy atom. The zero-order valence-electron chi connectivity index (χ0n) is 18.6. The van der Waals surface area contributed by atoms with Crippen LogP contribution in [0.4, 0.5) is 11.4 Å². The molecule has 0 heterocycles. The predicted molar refractivity (Wildman–Crippen MR) is 127 cm³/mol. The maximum Gasteiger partial charge on any atom is 0.338 e. The molecule has 2 N–H and O–H groups in total. The van der Waals surface area contributed by atoms with E-state index in [-0.39, 0.29) is 16.1 Å². The molecule has 3 aromatic carbocycles. The molecule has 9 nitrogen and oxygen atoms in total. The molecule has 0 aliphatic heterocycles. The molecule has 0 aromatic heterocycles. The van der Waals surface area contributed by atoms with Gasteiger partial charge in [0.25, 0.3) is 15.9 Å². The van der Waals surface area contributed by atoms with E-state index in [0.29, 0.717) is 23.8 Å². The van der Waals surface area contributed by atoms with Crippen molar-refractivity contribution in [1.82, 2.24) is 0 Å². The van der Waals surface area contributed by atoms with E-state index >= 15 is 0 Å². The highest BCUT2D eigenvalue weighted by Gasteiger charge is 2.19. The van der Waals surface area contributed by atoms with Crippen LogP contribution in [0.1, 0.15) is 17.3 Å². The van der Waals surface area contributed by atoms with Gasteiger partial charge in [0, 0.05) is 5.69 Å². The van der Waals surface area contributed by atoms with Crippen LogP contribution in [0.5, 0.6) is 11.5 Å². The molecule has 10 heteroatoms. The molecule has 0 saturated heterocycles. The Morgan fingerprint density at radius 2 is 1.68 bits per heavy atom. The second-order valence-electron chi connectivity index (χ2n) is 6.92. The van der Waals surface area contributed by atoms with Gasteiger partial charge in [-0.25, -0.2) is 13.2 Å². The van der Waals surface area contributed by atoms with Crippen molar-refractivity contribution >= 4 is 33.3 Å². The topological polar surface area (TPSA) is 120 Å². The maximum atomic E-state index is 12.8. The summed E-state index contributed by atoms with van der Waals surface area (Å²) in [5.74, 6) is -0.363. The number of benzene rings is 3. The number of carbonyl (C=O) groups excluding carboxylic acids is 2. The van der Waals surface area contributed by atoms with Gasteiger partial charge in [0.05, 0.1) is 29.9 Å². The average Bonchev–Trinajstić information content (AvgIpc) is 2.84. The van der Waals surface area contributed by atoms with E-state index < -0.39 is 28.5 Å². The fourth-order valence-electron chi connectivity index (χ4n) is 2.94. The third-order valence-corrected chi connectivity index (χ3v) is 5.88. The van der Waals surface area contributed by atoms with Gasteiger partial charge in [-0.2, -0.15) is 0 Å².